The first-order valence-electron chi connectivity index (χ1n) is 8.75. The maximum Gasteiger partial charge on any atom is 0.240 e. The predicted octanol–water partition coefficient (Wildman–Crippen LogP) is 1.54. The van der Waals surface area contributed by atoms with Gasteiger partial charge in [-0.3, -0.25) is 4.79 Å². The highest BCUT2D eigenvalue weighted by Gasteiger charge is 2.28. The Bertz CT molecular complexity index is 917. The van der Waals surface area contributed by atoms with Crippen molar-refractivity contribution >= 4 is 11.6 Å². The molecule has 3 N–H and O–H groups in total. The Morgan fingerprint density at radius 1 is 1.22 bits per heavy atom. The van der Waals surface area contributed by atoms with Crippen LogP contribution in [0.2, 0.25) is 0 Å². The highest BCUT2D eigenvalue weighted by molar-refractivity contribution is 5.85. The molecule has 8 nitrogen and oxygen atoms in total. The van der Waals surface area contributed by atoms with Gasteiger partial charge in [-0.2, -0.15) is 9.61 Å². The van der Waals surface area contributed by atoms with Crippen LogP contribution in [0.5, 0.6) is 0 Å². The first kappa shape index (κ1) is 18.9. The molecule has 1 atom stereocenters. The van der Waals surface area contributed by atoms with Crippen LogP contribution in [0, 0.1) is 6.92 Å². The minimum Gasteiger partial charge on any atom is -0.374 e. The number of aromatic nitrogens is 4. The van der Waals surface area contributed by atoms with Crippen molar-refractivity contribution in [3.63, 3.8) is 0 Å². The lowest BCUT2D eigenvalue weighted by molar-refractivity contribution is -0.126. The van der Waals surface area contributed by atoms with E-state index < -0.39 is 11.6 Å². The molecule has 0 bridgehead atoms. The van der Waals surface area contributed by atoms with Crippen LogP contribution in [0.1, 0.15) is 37.0 Å². The van der Waals surface area contributed by atoms with E-state index in [9.17, 15) is 4.79 Å². The third-order valence-corrected chi connectivity index (χ3v) is 4.02. The maximum absolute atomic E-state index is 12.4. The summed E-state index contributed by atoms with van der Waals surface area (Å²) in [6, 6.07) is 13.0. The van der Waals surface area contributed by atoms with Crippen LogP contribution in [0.15, 0.2) is 42.5 Å². The molecule has 0 spiro atoms. The number of nitrogens with zero attached hydrogens (tertiary/aromatic N) is 4. The Kier molecular flexibility index (Phi) is 5.48. The standard InChI is InChI=1S/C19H24N6O2/c1-13-9-10-16-22-23-17(25(16)24-13)15(21-18(26)19(2,3)20)12-27-11-14-7-5-4-6-8-14/h4-10,15H,11-12,20H2,1-3H3,(H,21,26)/t15-/m1/s1. The SMILES string of the molecule is Cc1ccc2nnc([C@@H](COCc3ccccc3)NC(=O)C(C)(C)N)n2n1. The summed E-state index contributed by atoms with van der Waals surface area (Å²) in [5.74, 6) is 0.194. The van der Waals surface area contributed by atoms with Gasteiger partial charge in [0, 0.05) is 0 Å². The Hall–Kier alpha value is -2.84. The van der Waals surface area contributed by atoms with Crippen LogP contribution in [0.4, 0.5) is 0 Å². The average Bonchev–Trinajstić information content (AvgIpc) is 3.03. The van der Waals surface area contributed by atoms with Crippen molar-refractivity contribution in [1.29, 1.82) is 0 Å². The maximum atomic E-state index is 12.4. The molecule has 0 aliphatic carbocycles. The van der Waals surface area contributed by atoms with E-state index in [2.05, 4.69) is 20.6 Å². The molecule has 0 unspecified atom stereocenters. The summed E-state index contributed by atoms with van der Waals surface area (Å²) in [7, 11) is 0. The molecule has 3 rings (SSSR count). The highest BCUT2D eigenvalue weighted by Crippen LogP contribution is 2.15. The molecule has 0 saturated carbocycles. The number of amides is 1. The zero-order valence-corrected chi connectivity index (χ0v) is 15.7. The van der Waals surface area contributed by atoms with Gasteiger partial charge in [-0.15, -0.1) is 10.2 Å². The van der Waals surface area contributed by atoms with Crippen LogP contribution in [0.3, 0.4) is 0 Å². The predicted molar refractivity (Wildman–Crippen MR) is 101 cm³/mol. The zero-order chi connectivity index (χ0) is 19.4. The molecule has 142 valence electrons. The molecule has 0 aliphatic heterocycles. The molecule has 0 aliphatic rings. The van der Waals surface area contributed by atoms with Crippen molar-refractivity contribution in [2.45, 2.75) is 39.0 Å². The fourth-order valence-electron chi connectivity index (χ4n) is 2.51. The van der Waals surface area contributed by atoms with Gasteiger partial charge >= 0.3 is 0 Å². The number of hydrogen-bond acceptors (Lipinski definition) is 6. The molecule has 27 heavy (non-hydrogen) atoms. The normalized spacial score (nSPS) is 12.9. The van der Waals surface area contributed by atoms with E-state index in [1.165, 1.54) is 0 Å². The summed E-state index contributed by atoms with van der Waals surface area (Å²) < 4.78 is 7.45. The minimum atomic E-state index is -1.03. The van der Waals surface area contributed by atoms with Gasteiger partial charge in [0.05, 0.1) is 24.4 Å². The van der Waals surface area contributed by atoms with Gasteiger partial charge < -0.3 is 15.8 Å². The second-order valence-electron chi connectivity index (χ2n) is 7.05. The van der Waals surface area contributed by atoms with Gasteiger partial charge in [0.1, 0.15) is 6.04 Å². The highest BCUT2D eigenvalue weighted by atomic mass is 16.5. The van der Waals surface area contributed by atoms with Gasteiger partial charge in [0.25, 0.3) is 0 Å². The van der Waals surface area contributed by atoms with Gasteiger partial charge in [0.2, 0.25) is 5.91 Å². The van der Waals surface area contributed by atoms with Crippen molar-refractivity contribution in [2.24, 2.45) is 5.73 Å². The summed E-state index contributed by atoms with van der Waals surface area (Å²) in [5.41, 5.74) is 7.36. The smallest absolute Gasteiger partial charge is 0.240 e. The number of carbonyl (C=O) groups is 1. The van der Waals surface area contributed by atoms with E-state index in [4.69, 9.17) is 10.5 Å². The zero-order valence-electron chi connectivity index (χ0n) is 15.7. The number of carbonyl (C=O) groups excluding carboxylic acids is 1. The van der Waals surface area contributed by atoms with E-state index >= 15 is 0 Å². The second-order valence-corrected chi connectivity index (χ2v) is 7.05. The number of benzene rings is 1. The summed E-state index contributed by atoms with van der Waals surface area (Å²) in [4.78, 5) is 12.4. The number of aryl methyl sites for hydroxylation is 1. The molecule has 2 aromatic heterocycles. The summed E-state index contributed by atoms with van der Waals surface area (Å²) in [6.07, 6.45) is 0. The average molecular weight is 368 g/mol. The van der Waals surface area contributed by atoms with Crippen LogP contribution in [-0.4, -0.2) is 37.9 Å². The van der Waals surface area contributed by atoms with Crippen LogP contribution >= 0.6 is 0 Å². The molecule has 1 aromatic carbocycles. The summed E-state index contributed by atoms with van der Waals surface area (Å²) >= 11 is 0. The van der Waals surface area contributed by atoms with Crippen molar-refractivity contribution < 1.29 is 9.53 Å². The van der Waals surface area contributed by atoms with Gasteiger partial charge in [-0.05, 0) is 38.5 Å². The molecule has 3 aromatic rings. The molecular formula is C19H24N6O2. The van der Waals surface area contributed by atoms with Crippen molar-refractivity contribution in [3.8, 4) is 0 Å². The van der Waals surface area contributed by atoms with Gasteiger partial charge in [-0.25, -0.2) is 0 Å². The fraction of sp³-hybridized carbons (Fsp3) is 0.368. The molecular weight excluding hydrogens is 344 g/mol. The lowest BCUT2D eigenvalue weighted by Gasteiger charge is -2.23. The number of ether oxygens (including phenoxy) is 1. The van der Waals surface area contributed by atoms with Crippen molar-refractivity contribution in [1.82, 2.24) is 25.1 Å². The molecule has 0 fully saturated rings. The van der Waals surface area contributed by atoms with Crippen LogP contribution in [-0.2, 0) is 16.1 Å². The third-order valence-electron chi connectivity index (χ3n) is 4.02. The Morgan fingerprint density at radius 2 is 1.96 bits per heavy atom. The molecule has 1 amide bonds. The topological polar surface area (TPSA) is 107 Å². The van der Waals surface area contributed by atoms with E-state index in [1.807, 2.05) is 49.4 Å². The second kappa shape index (κ2) is 7.81. The van der Waals surface area contributed by atoms with Crippen LogP contribution in [0.25, 0.3) is 5.65 Å². The first-order valence-corrected chi connectivity index (χ1v) is 8.75. The minimum absolute atomic E-state index is 0.215. The number of hydrogen-bond donors (Lipinski definition) is 2. The van der Waals surface area contributed by atoms with E-state index in [1.54, 1.807) is 18.4 Å². The Balaban J connectivity index is 1.82. The lowest BCUT2D eigenvalue weighted by atomic mass is 10.1. The number of fused-ring (bicyclic) bond motifs is 1. The third kappa shape index (κ3) is 4.66. The fourth-order valence-corrected chi connectivity index (χ4v) is 2.51. The first-order chi connectivity index (χ1) is 12.8. The quantitative estimate of drug-likeness (QED) is 0.655. The van der Waals surface area contributed by atoms with E-state index in [-0.39, 0.29) is 12.5 Å². The lowest BCUT2D eigenvalue weighted by Crippen LogP contribution is -2.51. The Morgan fingerprint density at radius 3 is 2.67 bits per heavy atom. The summed E-state index contributed by atoms with van der Waals surface area (Å²) in [6.45, 7) is 5.81. The van der Waals surface area contributed by atoms with Crippen LogP contribution < -0.4 is 11.1 Å². The molecule has 2 heterocycles. The Labute approximate surface area is 157 Å². The molecule has 0 radical (unpaired) electrons. The number of rotatable bonds is 7. The van der Waals surface area contributed by atoms with Crippen molar-refractivity contribution in [2.75, 3.05) is 6.61 Å². The number of nitrogens with two attached hydrogens (primary N) is 1. The largest absolute Gasteiger partial charge is 0.374 e. The van der Waals surface area contributed by atoms with Crippen molar-refractivity contribution in [3.05, 3.63) is 59.5 Å². The van der Waals surface area contributed by atoms with Gasteiger partial charge in [0.15, 0.2) is 11.5 Å². The van der Waals surface area contributed by atoms with E-state index in [0.29, 0.717) is 18.1 Å². The monoisotopic (exact) mass is 368 g/mol. The molecule has 8 heteroatoms. The van der Waals surface area contributed by atoms with E-state index in [0.717, 1.165) is 11.3 Å². The summed E-state index contributed by atoms with van der Waals surface area (Å²) in [5, 5.41) is 15.7. The number of nitrogens with one attached hydrogen (secondary N) is 1. The molecule has 0 saturated heterocycles. The van der Waals surface area contributed by atoms with Gasteiger partial charge in [-0.1, -0.05) is 30.3 Å².